The van der Waals surface area contributed by atoms with Crippen LogP contribution in [0.2, 0.25) is 5.02 Å². The van der Waals surface area contributed by atoms with E-state index in [0.29, 0.717) is 48.2 Å². The lowest BCUT2D eigenvalue weighted by Gasteiger charge is -2.25. The summed E-state index contributed by atoms with van der Waals surface area (Å²) in [6.45, 7) is 7.70. The molecule has 194 valence electrons. The molecule has 2 heterocycles. The molecule has 0 saturated carbocycles. The maximum atomic E-state index is 13.8. The van der Waals surface area contributed by atoms with E-state index in [1.807, 2.05) is 13.0 Å². The number of hydrogen-bond donors (Lipinski definition) is 0. The zero-order chi connectivity index (χ0) is 26.9. The van der Waals surface area contributed by atoms with Crippen molar-refractivity contribution in [2.45, 2.75) is 39.8 Å². The van der Waals surface area contributed by atoms with Crippen molar-refractivity contribution in [3.8, 4) is 11.5 Å². The van der Waals surface area contributed by atoms with E-state index in [4.69, 9.17) is 25.8 Å². The number of ether oxygens (including phenoxy) is 3. The number of rotatable bonds is 7. The second kappa shape index (κ2) is 11.2. The number of benzene rings is 2. The van der Waals surface area contributed by atoms with Crippen LogP contribution in [0.25, 0.3) is 6.08 Å². The van der Waals surface area contributed by atoms with Gasteiger partial charge in [-0.25, -0.2) is 9.79 Å². The van der Waals surface area contributed by atoms with E-state index in [1.54, 1.807) is 68.9 Å². The molecule has 0 aliphatic carbocycles. The summed E-state index contributed by atoms with van der Waals surface area (Å²) >= 11 is 10.9. The molecule has 1 aliphatic rings. The van der Waals surface area contributed by atoms with E-state index >= 15 is 0 Å². The Labute approximate surface area is 231 Å². The van der Waals surface area contributed by atoms with Gasteiger partial charge in [-0.3, -0.25) is 9.36 Å². The van der Waals surface area contributed by atoms with Gasteiger partial charge >= 0.3 is 5.97 Å². The Balaban J connectivity index is 1.92. The van der Waals surface area contributed by atoms with E-state index in [9.17, 15) is 9.59 Å². The van der Waals surface area contributed by atoms with E-state index < -0.39 is 12.0 Å². The standard InChI is InChI=1S/C27H26BrClN2O5S/c1-6-35-24-19(28)11-16(12-20(24)34-5)13-21-25(32)31-23(17-7-9-18(29)10-8-17)22(26(33)36-14(2)3)15(4)30-27(31)37-21/h7-14,23H,6H2,1-5H3. The molecule has 0 fully saturated rings. The summed E-state index contributed by atoms with van der Waals surface area (Å²) in [4.78, 5) is 32.1. The van der Waals surface area contributed by atoms with E-state index in [0.717, 1.165) is 11.1 Å². The third-order valence-corrected chi connectivity index (χ3v) is 7.43. The molecule has 0 amide bonds. The van der Waals surface area contributed by atoms with E-state index in [2.05, 4.69) is 20.9 Å². The first-order chi connectivity index (χ1) is 17.6. The van der Waals surface area contributed by atoms with Gasteiger partial charge in [0.2, 0.25) is 0 Å². The van der Waals surface area contributed by atoms with Gasteiger partial charge in [0.25, 0.3) is 5.56 Å². The summed E-state index contributed by atoms with van der Waals surface area (Å²) in [6, 6.07) is 10.0. The number of carbonyl (C=O) groups excluding carboxylic acids is 1. The van der Waals surface area contributed by atoms with Gasteiger partial charge in [-0.05, 0) is 85.1 Å². The second-order valence-corrected chi connectivity index (χ2v) is 10.9. The maximum absolute atomic E-state index is 13.8. The third-order valence-electron chi connectivity index (χ3n) is 5.61. The molecular weight excluding hydrogens is 580 g/mol. The van der Waals surface area contributed by atoms with Crippen LogP contribution >= 0.6 is 38.9 Å². The molecule has 2 aromatic carbocycles. The van der Waals surface area contributed by atoms with Gasteiger partial charge in [0.1, 0.15) is 0 Å². The van der Waals surface area contributed by atoms with Crippen molar-refractivity contribution >= 4 is 50.9 Å². The normalized spacial score (nSPS) is 15.5. The van der Waals surface area contributed by atoms with Crippen molar-refractivity contribution in [1.82, 2.24) is 4.57 Å². The Kier molecular flexibility index (Phi) is 8.26. The van der Waals surface area contributed by atoms with Crippen molar-refractivity contribution in [2.75, 3.05) is 13.7 Å². The molecule has 0 radical (unpaired) electrons. The maximum Gasteiger partial charge on any atom is 0.338 e. The Morgan fingerprint density at radius 1 is 1.27 bits per heavy atom. The average Bonchev–Trinajstić information content (AvgIpc) is 3.14. The van der Waals surface area contributed by atoms with Crippen molar-refractivity contribution < 1.29 is 19.0 Å². The Morgan fingerprint density at radius 3 is 2.59 bits per heavy atom. The van der Waals surface area contributed by atoms with Gasteiger partial charge in [-0.2, -0.15) is 0 Å². The first-order valence-corrected chi connectivity index (χ1v) is 13.6. The smallest absolute Gasteiger partial charge is 0.338 e. The van der Waals surface area contributed by atoms with Crippen LogP contribution in [0.4, 0.5) is 0 Å². The van der Waals surface area contributed by atoms with E-state index in [-0.39, 0.29) is 11.7 Å². The summed E-state index contributed by atoms with van der Waals surface area (Å²) < 4.78 is 19.4. The molecule has 1 aromatic heterocycles. The Bertz CT molecular complexity index is 1560. The number of carbonyl (C=O) groups is 1. The van der Waals surface area contributed by atoms with Gasteiger partial charge in [0.05, 0.1) is 46.1 Å². The quantitative estimate of drug-likeness (QED) is 0.354. The lowest BCUT2D eigenvalue weighted by Crippen LogP contribution is -2.40. The monoisotopic (exact) mass is 604 g/mol. The van der Waals surface area contributed by atoms with Crippen molar-refractivity contribution in [1.29, 1.82) is 0 Å². The van der Waals surface area contributed by atoms with Crippen LogP contribution in [0.5, 0.6) is 11.5 Å². The third kappa shape index (κ3) is 5.54. The number of thiazole rings is 1. The van der Waals surface area contributed by atoms with Crippen molar-refractivity contribution in [2.24, 2.45) is 4.99 Å². The van der Waals surface area contributed by atoms with Gasteiger partial charge in [0, 0.05) is 5.02 Å². The van der Waals surface area contributed by atoms with Gasteiger partial charge in [-0.1, -0.05) is 35.1 Å². The fraction of sp³-hybridized carbons (Fsp3) is 0.296. The summed E-state index contributed by atoms with van der Waals surface area (Å²) in [5, 5.41) is 0.554. The first kappa shape index (κ1) is 27.2. The van der Waals surface area contributed by atoms with Crippen LogP contribution in [0, 0.1) is 0 Å². The molecule has 3 aromatic rings. The summed E-state index contributed by atoms with van der Waals surface area (Å²) in [7, 11) is 1.56. The molecule has 0 spiro atoms. The van der Waals surface area contributed by atoms with Crippen molar-refractivity contribution in [3.05, 3.63) is 88.0 Å². The molecule has 0 saturated heterocycles. The molecule has 0 N–H and O–H groups in total. The number of fused-ring (bicyclic) bond motifs is 1. The highest BCUT2D eigenvalue weighted by atomic mass is 79.9. The minimum atomic E-state index is -0.705. The SMILES string of the molecule is CCOc1c(Br)cc(C=c2sc3n(c2=O)C(c2ccc(Cl)cc2)C(C(=O)OC(C)C)=C(C)N=3)cc1OC. The minimum Gasteiger partial charge on any atom is -0.493 e. The van der Waals surface area contributed by atoms with E-state index in [1.165, 1.54) is 11.3 Å². The lowest BCUT2D eigenvalue weighted by molar-refractivity contribution is -0.143. The molecule has 4 rings (SSSR count). The van der Waals surface area contributed by atoms with Crippen LogP contribution < -0.4 is 24.4 Å². The Morgan fingerprint density at radius 2 is 1.97 bits per heavy atom. The van der Waals surface area contributed by atoms with Crippen LogP contribution in [0.3, 0.4) is 0 Å². The number of methoxy groups -OCH3 is 1. The second-order valence-electron chi connectivity index (χ2n) is 8.55. The summed E-state index contributed by atoms with van der Waals surface area (Å²) in [6.07, 6.45) is 1.45. The zero-order valence-corrected chi connectivity index (χ0v) is 24.2. The van der Waals surface area contributed by atoms with Crippen LogP contribution in [0.1, 0.15) is 44.9 Å². The lowest BCUT2D eigenvalue weighted by atomic mass is 9.96. The number of hydrogen-bond acceptors (Lipinski definition) is 7. The number of nitrogens with zero attached hydrogens (tertiary/aromatic N) is 2. The number of halogens is 2. The fourth-order valence-electron chi connectivity index (χ4n) is 4.08. The first-order valence-electron chi connectivity index (χ1n) is 11.6. The highest BCUT2D eigenvalue weighted by molar-refractivity contribution is 9.10. The summed E-state index contributed by atoms with van der Waals surface area (Å²) in [5.74, 6) is 0.629. The zero-order valence-electron chi connectivity index (χ0n) is 21.0. The average molecular weight is 606 g/mol. The van der Waals surface area contributed by atoms with Gasteiger partial charge in [0.15, 0.2) is 16.3 Å². The van der Waals surface area contributed by atoms with Crippen LogP contribution in [-0.2, 0) is 9.53 Å². The topological polar surface area (TPSA) is 79.1 Å². The number of esters is 1. The minimum absolute atomic E-state index is 0.268. The molecule has 1 aliphatic heterocycles. The van der Waals surface area contributed by atoms with Gasteiger partial charge in [-0.15, -0.1) is 0 Å². The molecule has 0 bridgehead atoms. The predicted molar refractivity (Wildman–Crippen MR) is 148 cm³/mol. The Hall–Kier alpha value is -2.88. The molecule has 1 unspecified atom stereocenters. The van der Waals surface area contributed by atoms with Gasteiger partial charge < -0.3 is 14.2 Å². The van der Waals surface area contributed by atoms with Crippen LogP contribution in [0.15, 0.2) is 61.9 Å². The summed E-state index contributed by atoms with van der Waals surface area (Å²) in [5.41, 5.74) is 2.03. The van der Waals surface area contributed by atoms with Crippen molar-refractivity contribution in [3.63, 3.8) is 0 Å². The molecular formula is C27H26BrClN2O5S. The highest BCUT2D eigenvalue weighted by Gasteiger charge is 2.33. The largest absolute Gasteiger partial charge is 0.493 e. The highest BCUT2D eigenvalue weighted by Crippen LogP contribution is 2.37. The fourth-order valence-corrected chi connectivity index (χ4v) is 5.83. The van der Waals surface area contributed by atoms with Crippen LogP contribution in [-0.4, -0.2) is 30.4 Å². The molecule has 10 heteroatoms. The molecule has 7 nitrogen and oxygen atoms in total. The number of aromatic nitrogens is 1. The molecule has 1 atom stereocenters. The predicted octanol–water partition coefficient (Wildman–Crippen LogP) is 5.01. The molecule has 37 heavy (non-hydrogen) atoms. The number of allylic oxidation sites excluding steroid dienone is 1.